The van der Waals surface area contributed by atoms with E-state index in [9.17, 15) is 0 Å². The molecule has 1 aromatic rings. The van der Waals surface area contributed by atoms with Gasteiger partial charge in [-0.15, -0.1) is 0 Å². The van der Waals surface area contributed by atoms with Gasteiger partial charge in [-0.05, 0) is 6.92 Å². The summed E-state index contributed by atoms with van der Waals surface area (Å²) < 4.78 is 5.41. The third-order valence-corrected chi connectivity index (χ3v) is 2.37. The van der Waals surface area contributed by atoms with Gasteiger partial charge in [-0.2, -0.15) is 0 Å². The monoisotopic (exact) mass is 208 g/mol. The highest BCUT2D eigenvalue weighted by atomic mass is 16.5. The summed E-state index contributed by atoms with van der Waals surface area (Å²) in [5.41, 5.74) is 7.64. The van der Waals surface area contributed by atoms with E-state index in [1.54, 1.807) is 0 Å². The van der Waals surface area contributed by atoms with Crippen LogP contribution in [-0.2, 0) is 17.8 Å². The Balaban J connectivity index is 2.30. The number of aromatic nitrogens is 2. The Bertz CT molecular complexity index is 354. The maximum atomic E-state index is 5.45. The molecule has 2 heterocycles. The first-order valence-electron chi connectivity index (χ1n) is 5.19. The third kappa shape index (κ3) is 2.24. The molecule has 5 heteroatoms. The zero-order valence-corrected chi connectivity index (χ0v) is 8.92. The molecule has 15 heavy (non-hydrogen) atoms. The number of aryl methyl sites for hydroxylation is 1. The summed E-state index contributed by atoms with van der Waals surface area (Å²) in [5, 5.41) is 3.21. The van der Waals surface area contributed by atoms with Crippen LogP contribution in [0.4, 0.5) is 5.82 Å². The maximum Gasteiger partial charge on any atom is 0.135 e. The summed E-state index contributed by atoms with van der Waals surface area (Å²) in [5.74, 6) is 1.68. The van der Waals surface area contributed by atoms with Crippen LogP contribution in [0.3, 0.4) is 0 Å². The largest absolute Gasteiger partial charge is 0.376 e. The van der Waals surface area contributed by atoms with Crippen LogP contribution in [0.15, 0.2) is 0 Å². The first-order valence-corrected chi connectivity index (χ1v) is 5.19. The van der Waals surface area contributed by atoms with Crippen LogP contribution < -0.4 is 11.1 Å². The summed E-state index contributed by atoms with van der Waals surface area (Å²) >= 11 is 0. The number of hydrogen-bond donors (Lipinski definition) is 2. The van der Waals surface area contributed by atoms with Crippen molar-refractivity contribution < 1.29 is 4.74 Å². The van der Waals surface area contributed by atoms with Crippen molar-refractivity contribution >= 4 is 5.82 Å². The normalized spacial score (nSPS) is 14.8. The minimum Gasteiger partial charge on any atom is -0.376 e. The number of nitrogens with two attached hydrogens (primary N) is 1. The molecular weight excluding hydrogens is 192 g/mol. The highest BCUT2D eigenvalue weighted by Crippen LogP contribution is 2.21. The van der Waals surface area contributed by atoms with Gasteiger partial charge in [0.05, 0.1) is 18.9 Å². The molecule has 0 saturated heterocycles. The lowest BCUT2D eigenvalue weighted by Crippen LogP contribution is -2.20. The summed E-state index contributed by atoms with van der Waals surface area (Å²) in [6.07, 6.45) is 0.871. The third-order valence-electron chi connectivity index (χ3n) is 2.37. The van der Waals surface area contributed by atoms with Gasteiger partial charge in [0.1, 0.15) is 11.6 Å². The van der Waals surface area contributed by atoms with Crippen molar-refractivity contribution in [1.29, 1.82) is 0 Å². The summed E-state index contributed by atoms with van der Waals surface area (Å²) in [7, 11) is 0. The molecule has 0 unspecified atom stereocenters. The van der Waals surface area contributed by atoms with E-state index in [1.165, 1.54) is 0 Å². The quantitative estimate of drug-likeness (QED) is 0.743. The molecule has 0 radical (unpaired) electrons. The van der Waals surface area contributed by atoms with Gasteiger partial charge in [0.2, 0.25) is 0 Å². The summed E-state index contributed by atoms with van der Waals surface area (Å²) in [6.45, 7) is 4.58. The highest BCUT2D eigenvalue weighted by molar-refractivity contribution is 5.47. The van der Waals surface area contributed by atoms with E-state index in [-0.39, 0.29) is 0 Å². The standard InChI is InChI=1S/C10H16N4O/c1-7-13-9-2-5-15-6-8(9)10(14-7)12-4-3-11/h2-6,11H2,1H3,(H,12,13,14). The van der Waals surface area contributed by atoms with E-state index in [0.29, 0.717) is 13.2 Å². The summed E-state index contributed by atoms with van der Waals surface area (Å²) in [6, 6.07) is 0. The second-order valence-electron chi connectivity index (χ2n) is 3.56. The first-order chi connectivity index (χ1) is 7.31. The molecule has 0 saturated carbocycles. The van der Waals surface area contributed by atoms with Gasteiger partial charge in [-0.3, -0.25) is 0 Å². The number of rotatable bonds is 3. The number of fused-ring (bicyclic) bond motifs is 1. The molecule has 82 valence electrons. The second-order valence-corrected chi connectivity index (χ2v) is 3.56. The lowest BCUT2D eigenvalue weighted by Gasteiger charge is -2.19. The highest BCUT2D eigenvalue weighted by Gasteiger charge is 2.16. The Morgan fingerprint density at radius 2 is 2.33 bits per heavy atom. The Kier molecular flexibility index (Phi) is 3.13. The fraction of sp³-hybridized carbons (Fsp3) is 0.600. The molecule has 0 spiro atoms. The van der Waals surface area contributed by atoms with Crippen molar-refractivity contribution in [1.82, 2.24) is 9.97 Å². The predicted octanol–water partition coefficient (Wildman–Crippen LogP) is 0.228. The van der Waals surface area contributed by atoms with Crippen molar-refractivity contribution in [2.75, 3.05) is 25.0 Å². The molecular formula is C10H16N4O. The molecule has 0 fully saturated rings. The average molecular weight is 208 g/mol. The van der Waals surface area contributed by atoms with Crippen LogP contribution in [0, 0.1) is 6.92 Å². The zero-order chi connectivity index (χ0) is 10.7. The van der Waals surface area contributed by atoms with Crippen LogP contribution in [0.1, 0.15) is 17.1 Å². The molecule has 1 aromatic heterocycles. The summed E-state index contributed by atoms with van der Waals surface area (Å²) in [4.78, 5) is 8.79. The predicted molar refractivity (Wildman–Crippen MR) is 57.7 cm³/mol. The minimum absolute atomic E-state index is 0.596. The maximum absolute atomic E-state index is 5.45. The number of anilines is 1. The van der Waals surface area contributed by atoms with Crippen LogP contribution in [0.25, 0.3) is 0 Å². The van der Waals surface area contributed by atoms with Gasteiger partial charge < -0.3 is 15.8 Å². The van der Waals surface area contributed by atoms with Gasteiger partial charge in [0.15, 0.2) is 0 Å². The molecule has 0 atom stereocenters. The Hall–Kier alpha value is -1.20. The van der Waals surface area contributed by atoms with E-state index in [4.69, 9.17) is 10.5 Å². The fourth-order valence-electron chi connectivity index (χ4n) is 1.69. The van der Waals surface area contributed by atoms with E-state index >= 15 is 0 Å². The van der Waals surface area contributed by atoms with E-state index in [0.717, 1.165) is 42.5 Å². The molecule has 1 aliphatic heterocycles. The number of nitrogens with zero attached hydrogens (tertiary/aromatic N) is 2. The molecule has 1 aliphatic rings. The Labute approximate surface area is 89.1 Å². The van der Waals surface area contributed by atoms with Gasteiger partial charge in [-0.25, -0.2) is 9.97 Å². The molecule has 0 bridgehead atoms. The van der Waals surface area contributed by atoms with E-state index in [1.807, 2.05) is 6.92 Å². The molecule has 2 rings (SSSR count). The van der Waals surface area contributed by atoms with Crippen LogP contribution >= 0.6 is 0 Å². The number of nitrogens with one attached hydrogen (secondary N) is 1. The van der Waals surface area contributed by atoms with Crippen molar-refractivity contribution in [3.8, 4) is 0 Å². The van der Waals surface area contributed by atoms with E-state index in [2.05, 4.69) is 15.3 Å². The van der Waals surface area contributed by atoms with Gasteiger partial charge in [0, 0.05) is 25.1 Å². The minimum atomic E-state index is 0.596. The molecule has 5 nitrogen and oxygen atoms in total. The van der Waals surface area contributed by atoms with Crippen molar-refractivity contribution in [3.05, 3.63) is 17.1 Å². The van der Waals surface area contributed by atoms with Gasteiger partial charge in [-0.1, -0.05) is 0 Å². The van der Waals surface area contributed by atoms with Crippen molar-refractivity contribution in [2.45, 2.75) is 20.0 Å². The first kappa shape index (κ1) is 10.3. The van der Waals surface area contributed by atoms with Crippen molar-refractivity contribution in [3.63, 3.8) is 0 Å². The topological polar surface area (TPSA) is 73.1 Å². The number of ether oxygens (including phenoxy) is 1. The van der Waals surface area contributed by atoms with Gasteiger partial charge >= 0.3 is 0 Å². The van der Waals surface area contributed by atoms with Crippen LogP contribution in [0.2, 0.25) is 0 Å². The van der Waals surface area contributed by atoms with Crippen LogP contribution in [-0.4, -0.2) is 29.7 Å². The lowest BCUT2D eigenvalue weighted by molar-refractivity contribution is 0.109. The molecule has 0 amide bonds. The van der Waals surface area contributed by atoms with Crippen LogP contribution in [0.5, 0.6) is 0 Å². The van der Waals surface area contributed by atoms with Gasteiger partial charge in [0.25, 0.3) is 0 Å². The van der Waals surface area contributed by atoms with E-state index < -0.39 is 0 Å². The second kappa shape index (κ2) is 4.55. The molecule has 0 aliphatic carbocycles. The molecule has 3 N–H and O–H groups in total. The number of hydrogen-bond acceptors (Lipinski definition) is 5. The molecule has 0 aromatic carbocycles. The Morgan fingerprint density at radius 3 is 3.13 bits per heavy atom. The average Bonchev–Trinajstić information content (AvgIpc) is 2.25. The SMILES string of the molecule is Cc1nc2c(c(NCCN)n1)COCC2. The smallest absolute Gasteiger partial charge is 0.135 e. The lowest BCUT2D eigenvalue weighted by atomic mass is 10.1. The van der Waals surface area contributed by atoms with Crippen molar-refractivity contribution in [2.24, 2.45) is 5.73 Å². The Morgan fingerprint density at radius 1 is 1.47 bits per heavy atom. The fourth-order valence-corrected chi connectivity index (χ4v) is 1.69. The zero-order valence-electron chi connectivity index (χ0n) is 8.92.